The summed E-state index contributed by atoms with van der Waals surface area (Å²) >= 11 is 0. The Balaban J connectivity index is 1.26. The molecule has 3 aromatic rings. The maximum atomic E-state index is 14.2. The molecular formula is C27H30FN3O4S. The predicted molar refractivity (Wildman–Crippen MR) is 137 cm³/mol. The summed E-state index contributed by atoms with van der Waals surface area (Å²) in [5.41, 5.74) is 2.43. The summed E-state index contributed by atoms with van der Waals surface area (Å²) in [5, 5.41) is 0.885. The van der Waals surface area contributed by atoms with Crippen LogP contribution in [0.25, 0.3) is 0 Å². The number of hydroxylamine groups is 2. The van der Waals surface area contributed by atoms with E-state index in [1.807, 2.05) is 59.5 Å². The second-order valence-electron chi connectivity index (χ2n) is 9.05. The monoisotopic (exact) mass is 511 g/mol. The van der Waals surface area contributed by atoms with Gasteiger partial charge in [0.1, 0.15) is 23.4 Å². The molecule has 0 N–H and O–H groups in total. The van der Waals surface area contributed by atoms with Crippen LogP contribution in [0.2, 0.25) is 0 Å². The molecule has 36 heavy (non-hydrogen) atoms. The Hall–Kier alpha value is -2.98. The van der Waals surface area contributed by atoms with Gasteiger partial charge in [-0.05, 0) is 35.4 Å². The zero-order chi connectivity index (χ0) is 25.1. The zero-order valence-electron chi connectivity index (χ0n) is 20.2. The highest BCUT2D eigenvalue weighted by Gasteiger charge is 2.46. The number of hydrogen-bond donors (Lipinski definition) is 0. The fourth-order valence-electron chi connectivity index (χ4n) is 4.86. The van der Waals surface area contributed by atoms with Crippen molar-refractivity contribution in [1.82, 2.24) is 9.37 Å². The first-order valence-corrected chi connectivity index (χ1v) is 13.5. The molecule has 5 rings (SSSR count). The molecule has 0 radical (unpaired) electrons. The van der Waals surface area contributed by atoms with Crippen LogP contribution in [-0.4, -0.2) is 62.9 Å². The van der Waals surface area contributed by atoms with Gasteiger partial charge in [-0.1, -0.05) is 54.6 Å². The van der Waals surface area contributed by atoms with Crippen molar-refractivity contribution in [2.45, 2.75) is 17.9 Å². The van der Waals surface area contributed by atoms with Crippen molar-refractivity contribution in [2.24, 2.45) is 0 Å². The standard InChI is InChI=1S/C27H30FN3O4S/c1-29-27(22-11-13-23(14-12-22)34-19-21-7-3-2-4-8-21)26(20-35-29)36(32,33)31-17-15-30(16-18-31)25-10-6-5-9-24(25)28/h2-14,26-27H,15-20H2,1H3. The van der Waals surface area contributed by atoms with Gasteiger partial charge in [-0.3, -0.25) is 4.84 Å². The molecule has 2 unspecified atom stereocenters. The number of nitrogens with zero attached hydrogens (tertiary/aromatic N) is 3. The lowest BCUT2D eigenvalue weighted by atomic mass is 10.0. The third-order valence-corrected chi connectivity index (χ3v) is 9.07. The average molecular weight is 512 g/mol. The molecule has 2 heterocycles. The molecule has 0 aromatic heterocycles. The average Bonchev–Trinajstić information content (AvgIpc) is 3.31. The molecule has 7 nitrogen and oxygen atoms in total. The highest BCUT2D eigenvalue weighted by molar-refractivity contribution is 7.89. The van der Waals surface area contributed by atoms with E-state index in [2.05, 4.69) is 0 Å². The van der Waals surface area contributed by atoms with Crippen molar-refractivity contribution in [2.75, 3.05) is 44.7 Å². The van der Waals surface area contributed by atoms with Crippen LogP contribution in [0.5, 0.6) is 5.75 Å². The van der Waals surface area contributed by atoms with Gasteiger partial charge < -0.3 is 9.64 Å². The SMILES string of the molecule is CN1OCC(S(=O)(=O)N2CCN(c3ccccc3F)CC2)C1c1ccc(OCc2ccccc2)cc1. The largest absolute Gasteiger partial charge is 0.489 e. The number of sulfonamides is 1. The minimum atomic E-state index is -3.65. The van der Waals surface area contributed by atoms with Gasteiger partial charge in [0.15, 0.2) is 0 Å². The van der Waals surface area contributed by atoms with Gasteiger partial charge in [0.05, 0.1) is 18.3 Å². The third-order valence-electron chi connectivity index (χ3n) is 6.83. The number of anilines is 1. The molecule has 2 atom stereocenters. The Kier molecular flexibility index (Phi) is 7.25. The number of ether oxygens (including phenoxy) is 1. The Morgan fingerprint density at radius 1 is 0.917 bits per heavy atom. The van der Waals surface area contributed by atoms with E-state index in [1.54, 1.807) is 30.3 Å². The topological polar surface area (TPSA) is 62.3 Å². The minimum absolute atomic E-state index is 0.0866. The molecule has 0 saturated carbocycles. The number of halogens is 1. The van der Waals surface area contributed by atoms with E-state index in [1.165, 1.54) is 10.4 Å². The molecule has 9 heteroatoms. The summed E-state index contributed by atoms with van der Waals surface area (Å²) in [6.07, 6.45) is 0. The predicted octanol–water partition coefficient (Wildman–Crippen LogP) is 3.84. The highest BCUT2D eigenvalue weighted by atomic mass is 32.2. The molecule has 3 aromatic carbocycles. The molecule has 0 amide bonds. The van der Waals surface area contributed by atoms with Gasteiger partial charge in [-0.2, -0.15) is 9.37 Å². The second-order valence-corrected chi connectivity index (χ2v) is 11.2. The van der Waals surface area contributed by atoms with Crippen LogP contribution >= 0.6 is 0 Å². The number of rotatable bonds is 7. The smallest absolute Gasteiger partial charge is 0.221 e. The molecule has 0 bridgehead atoms. The van der Waals surface area contributed by atoms with Crippen molar-refractivity contribution >= 4 is 15.7 Å². The van der Waals surface area contributed by atoms with Crippen molar-refractivity contribution in [3.63, 3.8) is 0 Å². The lowest BCUT2D eigenvalue weighted by Crippen LogP contribution is -2.52. The van der Waals surface area contributed by atoms with Gasteiger partial charge in [-0.25, -0.2) is 12.8 Å². The van der Waals surface area contributed by atoms with E-state index in [0.717, 1.165) is 11.1 Å². The molecule has 2 aliphatic rings. The van der Waals surface area contributed by atoms with E-state index >= 15 is 0 Å². The Morgan fingerprint density at radius 2 is 1.58 bits per heavy atom. The number of para-hydroxylation sites is 1. The van der Waals surface area contributed by atoms with Crippen LogP contribution in [0.4, 0.5) is 10.1 Å². The summed E-state index contributed by atoms with van der Waals surface area (Å²) in [4.78, 5) is 7.58. The minimum Gasteiger partial charge on any atom is -0.489 e. The summed E-state index contributed by atoms with van der Waals surface area (Å²) in [7, 11) is -1.89. The van der Waals surface area contributed by atoms with Crippen molar-refractivity contribution in [3.8, 4) is 5.75 Å². The fourth-order valence-corrected chi connectivity index (χ4v) is 6.80. The first-order chi connectivity index (χ1) is 17.4. The summed E-state index contributed by atoms with van der Waals surface area (Å²) in [5.74, 6) is 0.420. The van der Waals surface area contributed by atoms with Gasteiger partial charge in [-0.15, -0.1) is 0 Å². The first-order valence-electron chi connectivity index (χ1n) is 12.0. The molecule has 2 fully saturated rings. The van der Waals surface area contributed by atoms with Crippen LogP contribution in [-0.2, 0) is 21.5 Å². The zero-order valence-corrected chi connectivity index (χ0v) is 21.0. The Morgan fingerprint density at radius 3 is 2.28 bits per heavy atom. The Labute approximate surface area is 211 Å². The lowest BCUT2D eigenvalue weighted by Gasteiger charge is -2.37. The maximum Gasteiger partial charge on any atom is 0.221 e. The van der Waals surface area contributed by atoms with Crippen molar-refractivity contribution in [3.05, 3.63) is 95.8 Å². The van der Waals surface area contributed by atoms with Gasteiger partial charge >= 0.3 is 0 Å². The maximum absolute atomic E-state index is 14.2. The van der Waals surface area contributed by atoms with E-state index < -0.39 is 21.3 Å². The molecule has 190 valence electrons. The van der Waals surface area contributed by atoms with Crippen LogP contribution in [0.15, 0.2) is 78.9 Å². The number of hydrogen-bond acceptors (Lipinski definition) is 6. The molecule has 0 aliphatic carbocycles. The first kappa shape index (κ1) is 24.7. The summed E-state index contributed by atoms with van der Waals surface area (Å²) in [6, 6.07) is 23.6. The van der Waals surface area contributed by atoms with E-state index in [9.17, 15) is 12.8 Å². The van der Waals surface area contributed by atoms with E-state index in [4.69, 9.17) is 9.57 Å². The quantitative estimate of drug-likeness (QED) is 0.480. The van der Waals surface area contributed by atoms with Gasteiger partial charge in [0.2, 0.25) is 10.0 Å². The van der Waals surface area contributed by atoms with E-state index in [-0.39, 0.29) is 12.4 Å². The normalized spacial score (nSPS) is 21.6. The number of piperazine rings is 1. The fraction of sp³-hybridized carbons (Fsp3) is 0.333. The lowest BCUT2D eigenvalue weighted by molar-refractivity contribution is -0.110. The molecular weight excluding hydrogens is 481 g/mol. The molecule has 0 spiro atoms. The van der Waals surface area contributed by atoms with Gasteiger partial charge in [0, 0.05) is 33.2 Å². The van der Waals surface area contributed by atoms with Crippen molar-refractivity contribution in [1.29, 1.82) is 0 Å². The summed E-state index contributed by atoms with van der Waals surface area (Å²) < 4.78 is 48.9. The van der Waals surface area contributed by atoms with Crippen LogP contribution < -0.4 is 9.64 Å². The third kappa shape index (κ3) is 5.10. The Bertz CT molecular complexity index is 1270. The van der Waals surface area contributed by atoms with Crippen LogP contribution in [0, 0.1) is 5.82 Å². The highest BCUT2D eigenvalue weighted by Crippen LogP contribution is 2.36. The van der Waals surface area contributed by atoms with Crippen LogP contribution in [0.3, 0.4) is 0 Å². The van der Waals surface area contributed by atoms with Crippen molar-refractivity contribution < 1.29 is 22.4 Å². The van der Waals surface area contributed by atoms with E-state index in [0.29, 0.717) is 44.2 Å². The summed E-state index contributed by atoms with van der Waals surface area (Å²) in [6.45, 7) is 2.01. The molecule has 2 saturated heterocycles. The van der Waals surface area contributed by atoms with Crippen LogP contribution in [0.1, 0.15) is 17.2 Å². The second kappa shape index (κ2) is 10.6. The van der Waals surface area contributed by atoms with Gasteiger partial charge in [0.25, 0.3) is 0 Å². The molecule has 2 aliphatic heterocycles. The number of benzene rings is 3.